The number of Topliss-reactive ketones (excluding diaryl/α,β-unsaturated/α-hetero) is 1. The van der Waals surface area contributed by atoms with Gasteiger partial charge in [-0.25, -0.2) is 0 Å². The summed E-state index contributed by atoms with van der Waals surface area (Å²) in [6.07, 6.45) is 7.46. The van der Waals surface area contributed by atoms with Crippen LogP contribution >= 0.6 is 0 Å². The summed E-state index contributed by atoms with van der Waals surface area (Å²) in [4.78, 5) is 51.6. The molecule has 1 saturated heterocycles. The van der Waals surface area contributed by atoms with Crippen molar-refractivity contribution < 1.29 is 37.8 Å². The summed E-state index contributed by atoms with van der Waals surface area (Å²) in [5.41, 5.74) is 0.463. The van der Waals surface area contributed by atoms with Crippen molar-refractivity contribution in [2.24, 2.45) is 28.1 Å². The summed E-state index contributed by atoms with van der Waals surface area (Å²) in [6.45, 7) is 7.32. The van der Waals surface area contributed by atoms with E-state index in [1.807, 2.05) is 32.1 Å². The molecule has 2 bridgehead atoms. The van der Waals surface area contributed by atoms with E-state index in [9.17, 15) is 19.2 Å². The summed E-state index contributed by atoms with van der Waals surface area (Å²) >= 11 is 0. The fourth-order valence-electron chi connectivity index (χ4n) is 7.76. The van der Waals surface area contributed by atoms with Gasteiger partial charge in [0.1, 0.15) is 18.0 Å². The second-order valence-corrected chi connectivity index (χ2v) is 11.7. The smallest absolute Gasteiger partial charge is 0.310 e. The van der Waals surface area contributed by atoms with Crippen LogP contribution in [0, 0.1) is 28.1 Å². The van der Waals surface area contributed by atoms with Gasteiger partial charge in [0, 0.05) is 41.6 Å². The van der Waals surface area contributed by atoms with Crippen LogP contribution < -0.4 is 0 Å². The third-order valence-electron chi connectivity index (χ3n) is 9.74. The number of furan rings is 1. The second-order valence-electron chi connectivity index (χ2n) is 11.7. The van der Waals surface area contributed by atoms with Crippen molar-refractivity contribution in [3.05, 3.63) is 47.5 Å². The molecule has 8 nitrogen and oxygen atoms in total. The molecule has 37 heavy (non-hydrogen) atoms. The third-order valence-corrected chi connectivity index (χ3v) is 9.74. The number of hydrogen-bond donors (Lipinski definition) is 0. The molecule has 0 N–H and O–H groups in total. The van der Waals surface area contributed by atoms with E-state index in [0.717, 1.165) is 16.7 Å². The lowest BCUT2D eigenvalue weighted by molar-refractivity contribution is -0.162. The number of fused-ring (bicyclic) bond motifs is 5. The predicted octanol–water partition coefficient (Wildman–Crippen LogP) is 4.65. The number of allylic oxidation sites excluding steroid dienone is 2. The number of ether oxygens (including phenoxy) is 3. The van der Waals surface area contributed by atoms with E-state index in [1.165, 1.54) is 14.0 Å². The Balaban J connectivity index is 1.73. The normalized spacial score (nSPS) is 39.6. The molecular formula is C29H34O8. The Morgan fingerprint density at radius 2 is 1.95 bits per heavy atom. The van der Waals surface area contributed by atoms with Crippen LogP contribution in [0.2, 0.25) is 0 Å². The van der Waals surface area contributed by atoms with Crippen LogP contribution in [0.15, 0.2) is 46.3 Å². The molecule has 7 atom stereocenters. The third kappa shape index (κ3) is 3.70. The van der Waals surface area contributed by atoms with Gasteiger partial charge >= 0.3 is 17.9 Å². The summed E-state index contributed by atoms with van der Waals surface area (Å²) in [6, 6.07) is 1.81. The topological polar surface area (TPSA) is 109 Å². The highest BCUT2D eigenvalue weighted by atomic mass is 16.6. The number of carbonyl (C=O) groups is 4. The van der Waals surface area contributed by atoms with E-state index in [0.29, 0.717) is 12.8 Å². The van der Waals surface area contributed by atoms with E-state index < -0.39 is 46.3 Å². The Kier molecular flexibility index (Phi) is 6.00. The standard InChI is InChI=1S/C29H34O8/c1-16(30)36-23-7-6-18-19(29(4)21(13-24(32)34-5)28(23,3)14-22(29)31)8-10-27(2)20(18)12-25(33)37-26(27)17-9-11-35-15-17/h6-7,9,11,15,19,21,23,26H,8,10,12-14H2,1-5H3/b7-6-/t19-,21-,23+,26-,27+,28+,29+/m0/s1. The van der Waals surface area contributed by atoms with Gasteiger partial charge < -0.3 is 18.6 Å². The molecule has 0 amide bonds. The lowest BCUT2D eigenvalue weighted by atomic mass is 9.52. The van der Waals surface area contributed by atoms with E-state index >= 15 is 0 Å². The van der Waals surface area contributed by atoms with Crippen LogP contribution in [-0.2, 0) is 33.4 Å². The quantitative estimate of drug-likeness (QED) is 0.425. The van der Waals surface area contributed by atoms with Gasteiger partial charge in [-0.2, -0.15) is 0 Å². The van der Waals surface area contributed by atoms with Gasteiger partial charge in [-0.15, -0.1) is 0 Å². The highest BCUT2D eigenvalue weighted by molar-refractivity contribution is 5.91. The molecule has 4 aliphatic rings. The zero-order chi connectivity index (χ0) is 26.8. The van der Waals surface area contributed by atoms with E-state index in [1.54, 1.807) is 12.5 Å². The van der Waals surface area contributed by atoms with Gasteiger partial charge in [0.05, 0.1) is 26.1 Å². The van der Waals surface area contributed by atoms with Gasteiger partial charge in [-0.05, 0) is 48.0 Å². The van der Waals surface area contributed by atoms with Gasteiger partial charge in [-0.1, -0.05) is 26.8 Å². The fourth-order valence-corrected chi connectivity index (χ4v) is 7.76. The van der Waals surface area contributed by atoms with Crippen molar-refractivity contribution in [1.29, 1.82) is 0 Å². The molecule has 1 aromatic heterocycles. The first-order chi connectivity index (χ1) is 17.4. The van der Waals surface area contributed by atoms with Crippen molar-refractivity contribution in [1.82, 2.24) is 0 Å². The van der Waals surface area contributed by atoms with Gasteiger partial charge in [-0.3, -0.25) is 19.2 Å². The minimum atomic E-state index is -0.901. The van der Waals surface area contributed by atoms with Crippen LogP contribution in [0.4, 0.5) is 0 Å². The van der Waals surface area contributed by atoms with Crippen LogP contribution in [0.5, 0.6) is 0 Å². The summed E-state index contributed by atoms with van der Waals surface area (Å²) in [5, 5.41) is 0. The first kappa shape index (κ1) is 25.5. The molecule has 0 unspecified atom stereocenters. The molecule has 3 aliphatic carbocycles. The number of cyclic esters (lactones) is 1. The van der Waals surface area contributed by atoms with Crippen LogP contribution in [0.3, 0.4) is 0 Å². The molecule has 198 valence electrons. The molecule has 0 aromatic carbocycles. The second kappa shape index (κ2) is 8.71. The van der Waals surface area contributed by atoms with E-state index in [2.05, 4.69) is 6.92 Å². The summed E-state index contributed by atoms with van der Waals surface area (Å²) < 4.78 is 22.0. The zero-order valence-corrected chi connectivity index (χ0v) is 22.0. The first-order valence-electron chi connectivity index (χ1n) is 12.9. The predicted molar refractivity (Wildman–Crippen MR) is 131 cm³/mol. The Hall–Kier alpha value is -3.16. The first-order valence-corrected chi connectivity index (χ1v) is 12.9. The molecule has 2 heterocycles. The minimum absolute atomic E-state index is 0.0386. The number of hydrogen-bond acceptors (Lipinski definition) is 8. The SMILES string of the molecule is COC(=O)C[C@H]1[C@@]2(C)CC(=O)[C@]1(C)[C@H]1CC[C@]3(C)C(=C1/C=C\[C@H]2OC(C)=O)CC(=O)O[C@H]3c1ccoc1. The number of ketones is 1. The molecule has 1 aromatic rings. The van der Waals surface area contributed by atoms with Gasteiger partial charge in [0.25, 0.3) is 0 Å². The Morgan fingerprint density at radius 1 is 1.19 bits per heavy atom. The molecule has 2 fully saturated rings. The van der Waals surface area contributed by atoms with Gasteiger partial charge in [0.15, 0.2) is 0 Å². The summed E-state index contributed by atoms with van der Waals surface area (Å²) in [7, 11) is 1.34. The molecule has 1 saturated carbocycles. The minimum Gasteiger partial charge on any atom is -0.472 e. The Bertz CT molecular complexity index is 1210. The average molecular weight is 511 g/mol. The van der Waals surface area contributed by atoms with E-state index in [-0.39, 0.29) is 36.9 Å². The monoisotopic (exact) mass is 510 g/mol. The van der Waals surface area contributed by atoms with Crippen LogP contribution in [0.25, 0.3) is 0 Å². The van der Waals surface area contributed by atoms with Crippen LogP contribution in [-0.4, -0.2) is 36.9 Å². The highest BCUT2D eigenvalue weighted by Crippen LogP contribution is 2.66. The maximum absolute atomic E-state index is 14.0. The lowest BCUT2D eigenvalue weighted by Gasteiger charge is -2.53. The molecule has 1 aliphatic heterocycles. The number of esters is 3. The lowest BCUT2D eigenvalue weighted by Crippen LogP contribution is -2.50. The van der Waals surface area contributed by atoms with Crippen LogP contribution in [0.1, 0.15) is 71.5 Å². The molecule has 0 radical (unpaired) electrons. The van der Waals surface area contributed by atoms with E-state index in [4.69, 9.17) is 18.6 Å². The van der Waals surface area contributed by atoms with Crippen molar-refractivity contribution >= 4 is 23.7 Å². The average Bonchev–Trinajstić information content (AvgIpc) is 3.44. The zero-order valence-electron chi connectivity index (χ0n) is 22.0. The fraction of sp³-hybridized carbons (Fsp3) is 0.586. The number of methoxy groups -OCH3 is 1. The van der Waals surface area contributed by atoms with Crippen molar-refractivity contribution in [2.45, 2.75) is 72.0 Å². The highest BCUT2D eigenvalue weighted by Gasteiger charge is 2.66. The van der Waals surface area contributed by atoms with Crippen molar-refractivity contribution in [3.63, 3.8) is 0 Å². The number of carbonyl (C=O) groups excluding carboxylic acids is 4. The maximum atomic E-state index is 14.0. The molecule has 5 rings (SSSR count). The molecule has 0 spiro atoms. The molecule has 8 heteroatoms. The summed E-state index contributed by atoms with van der Waals surface area (Å²) in [5.74, 6) is -1.78. The number of rotatable bonds is 4. The van der Waals surface area contributed by atoms with Crippen molar-refractivity contribution in [3.8, 4) is 0 Å². The largest absolute Gasteiger partial charge is 0.472 e. The maximum Gasteiger partial charge on any atom is 0.310 e. The Labute approximate surface area is 216 Å². The van der Waals surface area contributed by atoms with Gasteiger partial charge in [0.2, 0.25) is 0 Å². The van der Waals surface area contributed by atoms with Crippen molar-refractivity contribution in [2.75, 3.05) is 7.11 Å². The Morgan fingerprint density at radius 3 is 2.59 bits per heavy atom. The molecular weight excluding hydrogens is 476 g/mol.